The minimum atomic E-state index is 0.726. The summed E-state index contributed by atoms with van der Waals surface area (Å²) in [7, 11) is 1.71. The van der Waals surface area contributed by atoms with Crippen molar-refractivity contribution < 1.29 is 4.74 Å². The van der Waals surface area contributed by atoms with E-state index >= 15 is 0 Å². The maximum atomic E-state index is 5.00. The Labute approximate surface area is 120 Å². The summed E-state index contributed by atoms with van der Waals surface area (Å²) in [5.41, 5.74) is 5.04. The van der Waals surface area contributed by atoms with Crippen LogP contribution in [-0.4, -0.2) is 29.8 Å². The number of nitrogens with one attached hydrogen (secondary N) is 1. The van der Waals surface area contributed by atoms with Gasteiger partial charge in [-0.05, 0) is 30.5 Å². The lowest BCUT2D eigenvalue weighted by Crippen LogP contribution is -2.18. The van der Waals surface area contributed by atoms with Gasteiger partial charge in [-0.15, -0.1) is 0 Å². The number of aryl methyl sites for hydroxylation is 2. The molecule has 1 heterocycles. The van der Waals surface area contributed by atoms with Gasteiger partial charge in [-0.25, -0.2) is 4.98 Å². The van der Waals surface area contributed by atoms with Crippen LogP contribution in [-0.2, 0) is 17.8 Å². The average Bonchev–Trinajstić information content (AvgIpc) is 2.87. The standard InChI is InChI=1S/C16H23N3O/c1-13-4-5-15(8-14(13)2)10-19-11-16(18-12-19)9-17-6-7-20-3/h4-5,8,11-12,17H,6-7,9-10H2,1-3H3. The summed E-state index contributed by atoms with van der Waals surface area (Å²) in [5.74, 6) is 0. The molecule has 0 spiro atoms. The van der Waals surface area contributed by atoms with Crippen LogP contribution in [0.1, 0.15) is 22.4 Å². The zero-order chi connectivity index (χ0) is 14.4. The summed E-state index contributed by atoms with van der Waals surface area (Å²) in [6.45, 7) is 7.51. The fraction of sp³-hybridized carbons (Fsp3) is 0.438. The molecule has 0 unspecified atom stereocenters. The van der Waals surface area contributed by atoms with Crippen LogP contribution >= 0.6 is 0 Å². The van der Waals surface area contributed by atoms with Crippen molar-refractivity contribution in [3.05, 3.63) is 53.1 Å². The highest BCUT2D eigenvalue weighted by molar-refractivity contribution is 5.30. The van der Waals surface area contributed by atoms with E-state index in [2.05, 4.69) is 53.1 Å². The van der Waals surface area contributed by atoms with Crippen molar-refractivity contribution in [3.63, 3.8) is 0 Å². The molecule has 0 aliphatic carbocycles. The molecule has 0 bridgehead atoms. The summed E-state index contributed by atoms with van der Waals surface area (Å²) in [5, 5.41) is 3.30. The molecule has 1 aromatic carbocycles. The largest absolute Gasteiger partial charge is 0.383 e. The number of ether oxygens (including phenoxy) is 1. The van der Waals surface area contributed by atoms with Gasteiger partial charge in [0, 0.05) is 32.9 Å². The predicted octanol–water partition coefficient (Wildman–Crippen LogP) is 2.28. The molecule has 0 aliphatic heterocycles. The minimum absolute atomic E-state index is 0.726. The molecule has 0 saturated heterocycles. The van der Waals surface area contributed by atoms with Crippen molar-refractivity contribution in [1.29, 1.82) is 0 Å². The molecule has 0 atom stereocenters. The van der Waals surface area contributed by atoms with E-state index in [1.165, 1.54) is 16.7 Å². The first-order chi connectivity index (χ1) is 9.69. The zero-order valence-electron chi connectivity index (χ0n) is 12.5. The number of imidazole rings is 1. The highest BCUT2D eigenvalue weighted by Crippen LogP contribution is 2.11. The van der Waals surface area contributed by atoms with Crippen molar-refractivity contribution in [2.45, 2.75) is 26.9 Å². The Kier molecular flexibility index (Phi) is 5.32. The van der Waals surface area contributed by atoms with E-state index in [1.807, 2.05) is 6.33 Å². The molecular weight excluding hydrogens is 250 g/mol. The molecule has 108 valence electrons. The minimum Gasteiger partial charge on any atom is -0.383 e. The molecule has 0 amide bonds. The van der Waals surface area contributed by atoms with E-state index in [0.717, 1.165) is 31.9 Å². The van der Waals surface area contributed by atoms with Crippen molar-refractivity contribution in [3.8, 4) is 0 Å². The molecule has 20 heavy (non-hydrogen) atoms. The van der Waals surface area contributed by atoms with E-state index < -0.39 is 0 Å². The Morgan fingerprint density at radius 2 is 2.10 bits per heavy atom. The van der Waals surface area contributed by atoms with Gasteiger partial charge in [-0.2, -0.15) is 0 Å². The Bertz CT molecular complexity index is 548. The van der Waals surface area contributed by atoms with Gasteiger partial charge >= 0.3 is 0 Å². The number of rotatable bonds is 7. The fourth-order valence-corrected chi connectivity index (χ4v) is 2.09. The molecular formula is C16H23N3O. The first-order valence-electron chi connectivity index (χ1n) is 6.95. The normalized spacial score (nSPS) is 10.9. The third-order valence-corrected chi connectivity index (χ3v) is 3.41. The Balaban J connectivity index is 1.90. The number of aromatic nitrogens is 2. The second kappa shape index (κ2) is 7.22. The summed E-state index contributed by atoms with van der Waals surface area (Å²) in [4.78, 5) is 4.41. The summed E-state index contributed by atoms with van der Waals surface area (Å²) in [6.07, 6.45) is 3.98. The lowest BCUT2D eigenvalue weighted by atomic mass is 10.1. The van der Waals surface area contributed by atoms with Gasteiger partial charge in [0.25, 0.3) is 0 Å². The van der Waals surface area contributed by atoms with Crippen LogP contribution in [0.15, 0.2) is 30.7 Å². The van der Waals surface area contributed by atoms with Gasteiger partial charge in [-0.1, -0.05) is 18.2 Å². The molecule has 0 aliphatic rings. The first kappa shape index (κ1) is 14.8. The topological polar surface area (TPSA) is 39.1 Å². The molecule has 4 nitrogen and oxygen atoms in total. The number of hydrogen-bond acceptors (Lipinski definition) is 3. The Morgan fingerprint density at radius 1 is 1.25 bits per heavy atom. The number of nitrogens with zero attached hydrogens (tertiary/aromatic N) is 2. The Hall–Kier alpha value is -1.65. The van der Waals surface area contributed by atoms with Crippen LogP contribution in [0, 0.1) is 13.8 Å². The number of methoxy groups -OCH3 is 1. The average molecular weight is 273 g/mol. The van der Waals surface area contributed by atoms with Crippen LogP contribution in [0.3, 0.4) is 0 Å². The second-order valence-electron chi connectivity index (χ2n) is 5.13. The van der Waals surface area contributed by atoms with E-state index in [9.17, 15) is 0 Å². The van der Waals surface area contributed by atoms with Gasteiger partial charge in [0.2, 0.25) is 0 Å². The van der Waals surface area contributed by atoms with Gasteiger partial charge < -0.3 is 14.6 Å². The predicted molar refractivity (Wildman–Crippen MR) is 80.8 cm³/mol. The summed E-state index contributed by atoms with van der Waals surface area (Å²) in [6, 6.07) is 6.60. The molecule has 0 fully saturated rings. The fourth-order valence-electron chi connectivity index (χ4n) is 2.09. The van der Waals surface area contributed by atoms with Crippen LogP contribution < -0.4 is 5.32 Å². The van der Waals surface area contributed by atoms with Gasteiger partial charge in [-0.3, -0.25) is 0 Å². The smallest absolute Gasteiger partial charge is 0.0953 e. The summed E-state index contributed by atoms with van der Waals surface area (Å²) >= 11 is 0. The molecule has 0 saturated carbocycles. The van der Waals surface area contributed by atoms with Gasteiger partial charge in [0.05, 0.1) is 18.6 Å². The maximum Gasteiger partial charge on any atom is 0.0953 e. The SMILES string of the molecule is COCCNCc1cn(Cc2ccc(C)c(C)c2)cn1. The molecule has 0 radical (unpaired) electrons. The first-order valence-corrected chi connectivity index (χ1v) is 6.95. The van der Waals surface area contributed by atoms with Crippen molar-refractivity contribution in [1.82, 2.24) is 14.9 Å². The highest BCUT2D eigenvalue weighted by atomic mass is 16.5. The van der Waals surface area contributed by atoms with Crippen molar-refractivity contribution in [2.75, 3.05) is 20.3 Å². The molecule has 1 aromatic heterocycles. The quantitative estimate of drug-likeness (QED) is 0.787. The second-order valence-corrected chi connectivity index (χ2v) is 5.13. The zero-order valence-corrected chi connectivity index (χ0v) is 12.5. The van der Waals surface area contributed by atoms with Crippen LogP contribution in [0.25, 0.3) is 0 Å². The third-order valence-electron chi connectivity index (χ3n) is 3.41. The maximum absolute atomic E-state index is 5.00. The lowest BCUT2D eigenvalue weighted by Gasteiger charge is -2.06. The van der Waals surface area contributed by atoms with Gasteiger partial charge in [0.1, 0.15) is 0 Å². The monoisotopic (exact) mass is 273 g/mol. The van der Waals surface area contributed by atoms with Crippen molar-refractivity contribution >= 4 is 0 Å². The number of hydrogen-bond donors (Lipinski definition) is 1. The summed E-state index contributed by atoms with van der Waals surface area (Å²) < 4.78 is 7.12. The number of benzene rings is 1. The van der Waals surface area contributed by atoms with E-state index in [1.54, 1.807) is 7.11 Å². The van der Waals surface area contributed by atoms with E-state index in [0.29, 0.717) is 0 Å². The third kappa shape index (κ3) is 4.18. The lowest BCUT2D eigenvalue weighted by molar-refractivity contribution is 0.199. The van der Waals surface area contributed by atoms with E-state index in [4.69, 9.17) is 4.74 Å². The van der Waals surface area contributed by atoms with Crippen LogP contribution in [0.4, 0.5) is 0 Å². The molecule has 2 aromatic rings. The van der Waals surface area contributed by atoms with Crippen molar-refractivity contribution in [2.24, 2.45) is 0 Å². The van der Waals surface area contributed by atoms with Crippen LogP contribution in [0.5, 0.6) is 0 Å². The Morgan fingerprint density at radius 3 is 2.85 bits per heavy atom. The van der Waals surface area contributed by atoms with Crippen LogP contribution in [0.2, 0.25) is 0 Å². The van der Waals surface area contributed by atoms with E-state index in [-0.39, 0.29) is 0 Å². The molecule has 4 heteroatoms. The highest BCUT2D eigenvalue weighted by Gasteiger charge is 2.01. The molecule has 2 rings (SSSR count). The van der Waals surface area contributed by atoms with Gasteiger partial charge in [0.15, 0.2) is 0 Å². The molecule has 1 N–H and O–H groups in total.